The molecule has 0 aromatic heterocycles. The first kappa shape index (κ1) is 15.3. The molecule has 0 atom stereocenters. The second-order valence-corrected chi connectivity index (χ2v) is 8.41. The highest BCUT2D eigenvalue weighted by Crippen LogP contribution is 2.51. The van der Waals surface area contributed by atoms with Crippen LogP contribution in [0.25, 0.3) is 11.1 Å². The van der Waals surface area contributed by atoms with Gasteiger partial charge in [0.05, 0.1) is 11.3 Å². The van der Waals surface area contributed by atoms with E-state index in [0.717, 1.165) is 43.7 Å². The maximum Gasteiger partial charge on any atom is 0.102 e. The predicted molar refractivity (Wildman–Crippen MR) is 104 cm³/mol. The number of thioether (sulfide) groups is 1. The van der Waals surface area contributed by atoms with Gasteiger partial charge in [0.1, 0.15) is 6.07 Å². The molecular weight excluding hydrogens is 324 g/mol. The Balaban J connectivity index is 1.82. The van der Waals surface area contributed by atoms with Gasteiger partial charge in [-0.2, -0.15) is 5.26 Å². The Morgan fingerprint density at radius 2 is 1.80 bits per heavy atom. The lowest BCUT2D eigenvalue weighted by molar-refractivity contribution is 0.575. The molecule has 3 aliphatic rings. The van der Waals surface area contributed by atoms with Crippen molar-refractivity contribution in [3.05, 3.63) is 46.5 Å². The van der Waals surface area contributed by atoms with E-state index in [1.165, 1.54) is 57.7 Å². The van der Waals surface area contributed by atoms with Gasteiger partial charge in [0.15, 0.2) is 0 Å². The summed E-state index contributed by atoms with van der Waals surface area (Å²) in [4.78, 5) is 3.93. The highest BCUT2D eigenvalue weighted by molar-refractivity contribution is 7.99. The van der Waals surface area contributed by atoms with Crippen LogP contribution in [0.15, 0.2) is 29.2 Å². The molecule has 0 saturated carbocycles. The molecule has 5 rings (SSSR count). The molecule has 1 saturated heterocycles. The minimum absolute atomic E-state index is 0.986. The van der Waals surface area contributed by atoms with Gasteiger partial charge < -0.3 is 4.90 Å². The molecule has 126 valence electrons. The summed E-state index contributed by atoms with van der Waals surface area (Å²) in [5, 5.41) is 10.0. The van der Waals surface area contributed by atoms with E-state index in [-0.39, 0.29) is 0 Å². The third kappa shape index (κ3) is 2.31. The number of fused-ring (bicyclic) bond motifs is 5. The minimum atomic E-state index is 0.986. The normalized spacial score (nSPS) is 18.3. The Bertz CT molecular complexity index is 888. The fourth-order valence-electron chi connectivity index (χ4n) is 4.82. The van der Waals surface area contributed by atoms with Crippen LogP contribution in [0, 0.1) is 11.3 Å². The van der Waals surface area contributed by atoms with Gasteiger partial charge in [-0.1, -0.05) is 24.3 Å². The van der Waals surface area contributed by atoms with Crippen LogP contribution >= 0.6 is 11.8 Å². The van der Waals surface area contributed by atoms with Gasteiger partial charge in [-0.3, -0.25) is 0 Å². The zero-order valence-corrected chi connectivity index (χ0v) is 15.3. The summed E-state index contributed by atoms with van der Waals surface area (Å²) >= 11 is 1.96. The zero-order valence-electron chi connectivity index (χ0n) is 14.5. The van der Waals surface area contributed by atoms with Crippen molar-refractivity contribution in [2.75, 3.05) is 23.7 Å². The summed E-state index contributed by atoms with van der Waals surface area (Å²) in [7, 11) is 0. The Hall–Kier alpha value is -1.92. The third-order valence-electron chi connectivity index (χ3n) is 5.94. The lowest BCUT2D eigenvalue weighted by Gasteiger charge is -2.35. The maximum atomic E-state index is 10.0. The van der Waals surface area contributed by atoms with Crippen molar-refractivity contribution in [2.45, 2.75) is 43.4 Å². The summed E-state index contributed by atoms with van der Waals surface area (Å²) in [6.45, 7) is 2.21. The van der Waals surface area contributed by atoms with Crippen LogP contribution < -0.4 is 4.90 Å². The molecule has 1 fully saturated rings. The summed E-state index contributed by atoms with van der Waals surface area (Å²) in [6, 6.07) is 11.5. The van der Waals surface area contributed by atoms with Gasteiger partial charge in [-0.25, -0.2) is 0 Å². The van der Waals surface area contributed by atoms with E-state index in [1.54, 1.807) is 0 Å². The van der Waals surface area contributed by atoms with Gasteiger partial charge in [0, 0.05) is 29.3 Å². The average Bonchev–Trinajstić information content (AvgIpc) is 3.16. The monoisotopic (exact) mass is 346 g/mol. The molecule has 0 bridgehead atoms. The first-order valence-corrected chi connectivity index (χ1v) is 10.4. The van der Waals surface area contributed by atoms with Crippen molar-refractivity contribution in [1.29, 1.82) is 5.26 Å². The fourth-order valence-corrected chi connectivity index (χ4v) is 6.09. The van der Waals surface area contributed by atoms with E-state index in [0.29, 0.717) is 0 Å². The van der Waals surface area contributed by atoms with Crippen LogP contribution in [0.4, 0.5) is 5.69 Å². The number of hydrogen-bond donors (Lipinski definition) is 0. The van der Waals surface area contributed by atoms with E-state index < -0.39 is 0 Å². The number of anilines is 1. The number of rotatable bonds is 1. The van der Waals surface area contributed by atoms with Crippen molar-refractivity contribution in [3.63, 3.8) is 0 Å². The Labute approximate surface area is 153 Å². The molecule has 2 aliphatic heterocycles. The van der Waals surface area contributed by atoms with Crippen LogP contribution in [0.1, 0.15) is 41.5 Å². The van der Waals surface area contributed by atoms with Crippen molar-refractivity contribution >= 4 is 17.4 Å². The summed E-state index contributed by atoms with van der Waals surface area (Å²) in [5.41, 5.74) is 9.39. The van der Waals surface area contributed by atoms with Gasteiger partial charge >= 0.3 is 0 Å². The van der Waals surface area contributed by atoms with E-state index >= 15 is 0 Å². The molecule has 2 heterocycles. The summed E-state index contributed by atoms with van der Waals surface area (Å²) < 4.78 is 0. The molecular formula is C22H22N2S. The first-order valence-electron chi connectivity index (χ1n) is 9.46. The van der Waals surface area contributed by atoms with Crippen LogP contribution in [0.3, 0.4) is 0 Å². The van der Waals surface area contributed by atoms with Crippen molar-refractivity contribution < 1.29 is 0 Å². The van der Waals surface area contributed by atoms with Crippen LogP contribution in [0.2, 0.25) is 0 Å². The fraction of sp³-hybridized carbons (Fsp3) is 0.409. The number of benzene rings is 2. The third-order valence-corrected chi connectivity index (χ3v) is 7.09. The van der Waals surface area contributed by atoms with Gasteiger partial charge in [-0.15, -0.1) is 11.8 Å². The SMILES string of the molecule is N#Cc1c2c(c3c(c1N1CCCCC1)CCc1ccccc1-3)SCC2. The van der Waals surface area contributed by atoms with E-state index in [9.17, 15) is 5.26 Å². The standard InChI is InChI=1S/C22H22N2S/c23-14-19-17-10-13-25-22(17)20-16-7-3-2-6-15(16)8-9-18(20)21(19)24-11-4-1-5-12-24/h2-3,6-7H,1,4-5,8-13H2. The van der Waals surface area contributed by atoms with Crippen molar-refractivity contribution in [3.8, 4) is 17.2 Å². The second-order valence-electron chi connectivity index (χ2n) is 7.30. The topological polar surface area (TPSA) is 27.0 Å². The van der Waals surface area contributed by atoms with Gasteiger partial charge in [0.25, 0.3) is 0 Å². The largest absolute Gasteiger partial charge is 0.370 e. The Kier molecular flexibility index (Phi) is 3.75. The van der Waals surface area contributed by atoms with E-state index in [2.05, 4.69) is 35.2 Å². The highest BCUT2D eigenvalue weighted by Gasteiger charge is 2.32. The minimum Gasteiger partial charge on any atom is -0.370 e. The molecule has 3 heteroatoms. The molecule has 2 aromatic carbocycles. The molecule has 0 unspecified atom stereocenters. The molecule has 25 heavy (non-hydrogen) atoms. The van der Waals surface area contributed by atoms with Crippen molar-refractivity contribution in [2.24, 2.45) is 0 Å². The zero-order chi connectivity index (χ0) is 16.8. The lowest BCUT2D eigenvalue weighted by atomic mass is 9.81. The van der Waals surface area contributed by atoms with Crippen molar-refractivity contribution in [1.82, 2.24) is 0 Å². The quantitative estimate of drug-likeness (QED) is 0.730. The Morgan fingerprint density at radius 1 is 0.960 bits per heavy atom. The number of aryl methyl sites for hydroxylation is 1. The van der Waals surface area contributed by atoms with E-state index in [1.807, 2.05) is 11.8 Å². The van der Waals surface area contributed by atoms with Gasteiger partial charge in [0.2, 0.25) is 0 Å². The highest BCUT2D eigenvalue weighted by atomic mass is 32.2. The number of nitriles is 1. The summed E-state index contributed by atoms with van der Waals surface area (Å²) in [6.07, 6.45) is 7.03. The average molecular weight is 346 g/mol. The molecule has 0 radical (unpaired) electrons. The molecule has 0 N–H and O–H groups in total. The molecule has 0 spiro atoms. The molecule has 0 amide bonds. The lowest BCUT2D eigenvalue weighted by Crippen LogP contribution is -2.32. The molecule has 1 aliphatic carbocycles. The maximum absolute atomic E-state index is 10.0. The van der Waals surface area contributed by atoms with Gasteiger partial charge in [-0.05, 0) is 60.8 Å². The number of hydrogen-bond acceptors (Lipinski definition) is 3. The van der Waals surface area contributed by atoms with E-state index in [4.69, 9.17) is 0 Å². The first-order chi connectivity index (χ1) is 12.4. The second kappa shape index (κ2) is 6.11. The van der Waals surface area contributed by atoms with Crippen LogP contribution in [-0.2, 0) is 19.3 Å². The smallest absolute Gasteiger partial charge is 0.102 e. The number of nitrogens with zero attached hydrogens (tertiary/aromatic N) is 2. The molecule has 2 nitrogen and oxygen atoms in total. The Morgan fingerprint density at radius 3 is 2.64 bits per heavy atom. The predicted octanol–water partition coefficient (Wildman–Crippen LogP) is 4.96. The molecule has 2 aromatic rings. The van der Waals surface area contributed by atoms with Crippen LogP contribution in [0.5, 0.6) is 0 Å². The van der Waals surface area contributed by atoms with Crippen LogP contribution in [-0.4, -0.2) is 18.8 Å². The number of piperidine rings is 1. The summed E-state index contributed by atoms with van der Waals surface area (Å²) in [5.74, 6) is 1.11.